The number of amides is 1. The average Bonchev–Trinajstić information content (AvgIpc) is 2.86. The monoisotopic (exact) mass is 468 g/mol. The summed E-state index contributed by atoms with van der Waals surface area (Å²) in [6.07, 6.45) is 6.69. The molecule has 2 aromatic carbocycles. The molecule has 0 radical (unpaired) electrons. The Morgan fingerprint density at radius 2 is 1.64 bits per heavy atom. The first kappa shape index (κ1) is 24.3. The van der Waals surface area contributed by atoms with Crippen LogP contribution in [0.2, 0.25) is 0 Å². The van der Waals surface area contributed by atoms with Crippen LogP contribution in [0.3, 0.4) is 0 Å². The normalized spacial score (nSPS) is 22.3. The molecule has 1 amide bonds. The van der Waals surface area contributed by atoms with Gasteiger partial charge in [0.05, 0.1) is 16.4 Å². The second-order valence-corrected chi connectivity index (χ2v) is 10.5. The van der Waals surface area contributed by atoms with Gasteiger partial charge in [0.2, 0.25) is 5.91 Å². The molecule has 1 heterocycles. The summed E-state index contributed by atoms with van der Waals surface area (Å²) < 4.78 is 0. The van der Waals surface area contributed by atoms with Gasteiger partial charge in [-0.05, 0) is 43.7 Å². The highest BCUT2D eigenvalue weighted by Crippen LogP contribution is 2.43. The molecule has 4 rings (SSSR count). The summed E-state index contributed by atoms with van der Waals surface area (Å²) in [5.74, 6) is -0.0453. The van der Waals surface area contributed by atoms with Crippen molar-refractivity contribution in [2.75, 3.05) is 19.6 Å². The quantitative estimate of drug-likeness (QED) is 0.549. The maximum Gasteiger partial charge on any atom is 0.233 e. The minimum atomic E-state index is -1.11. The van der Waals surface area contributed by atoms with E-state index in [1.165, 1.54) is 6.42 Å². The van der Waals surface area contributed by atoms with Gasteiger partial charge in [0, 0.05) is 25.7 Å². The number of hydrogen-bond donors (Lipinski definition) is 2. The molecular weight excluding hydrogens is 432 g/mol. The topological polar surface area (TPSA) is 52.6 Å². The number of nitrogens with one attached hydrogen (secondary N) is 1. The third-order valence-electron chi connectivity index (χ3n) is 7.94. The number of alkyl halides is 1. The van der Waals surface area contributed by atoms with Gasteiger partial charge in [-0.3, -0.25) is 4.79 Å². The number of rotatable bonds is 7. The van der Waals surface area contributed by atoms with E-state index in [0.717, 1.165) is 43.4 Å². The van der Waals surface area contributed by atoms with Gasteiger partial charge in [-0.1, -0.05) is 79.9 Å². The third-order valence-corrected chi connectivity index (χ3v) is 8.33. The summed E-state index contributed by atoms with van der Waals surface area (Å²) in [5.41, 5.74) is -0.120. The maximum atomic E-state index is 13.8. The Bertz CT molecular complexity index is 893. The van der Waals surface area contributed by atoms with Crippen LogP contribution < -0.4 is 5.32 Å². The Labute approximate surface area is 203 Å². The Morgan fingerprint density at radius 3 is 2.24 bits per heavy atom. The van der Waals surface area contributed by atoms with Gasteiger partial charge in [0.1, 0.15) is 0 Å². The molecule has 2 unspecified atom stereocenters. The minimum absolute atomic E-state index is 0.0453. The second kappa shape index (κ2) is 10.6. The van der Waals surface area contributed by atoms with Crippen LogP contribution in [0.15, 0.2) is 60.7 Å². The van der Waals surface area contributed by atoms with Crippen molar-refractivity contribution in [3.05, 3.63) is 71.8 Å². The lowest BCUT2D eigenvalue weighted by atomic mass is 9.63. The first-order valence-electron chi connectivity index (χ1n) is 12.4. The molecule has 0 bridgehead atoms. The van der Waals surface area contributed by atoms with E-state index in [9.17, 15) is 9.90 Å². The molecule has 2 aliphatic rings. The molecule has 33 heavy (non-hydrogen) atoms. The van der Waals surface area contributed by atoms with E-state index in [1.54, 1.807) is 0 Å². The van der Waals surface area contributed by atoms with E-state index >= 15 is 0 Å². The van der Waals surface area contributed by atoms with Crippen LogP contribution in [0.4, 0.5) is 0 Å². The van der Waals surface area contributed by atoms with Crippen molar-refractivity contribution in [1.29, 1.82) is 0 Å². The van der Waals surface area contributed by atoms with Gasteiger partial charge in [-0.25, -0.2) is 0 Å². The van der Waals surface area contributed by atoms with Crippen LogP contribution in [0.1, 0.15) is 68.4 Å². The first-order chi connectivity index (χ1) is 15.9. The number of likely N-dealkylation sites (tertiary alicyclic amines) is 1. The molecule has 1 aliphatic carbocycles. The Morgan fingerprint density at radius 1 is 1.06 bits per heavy atom. The molecular formula is C28H37ClN2O2. The summed E-state index contributed by atoms with van der Waals surface area (Å²) in [7, 11) is 0. The van der Waals surface area contributed by atoms with E-state index in [0.29, 0.717) is 25.9 Å². The number of carbonyl (C=O) groups excluding carboxylic acids is 1. The summed E-state index contributed by atoms with van der Waals surface area (Å²) in [4.78, 5) is 16.1. The number of hydrogen-bond acceptors (Lipinski definition) is 3. The lowest BCUT2D eigenvalue weighted by molar-refractivity contribution is -0.144. The fourth-order valence-electron chi connectivity index (χ4n) is 5.56. The lowest BCUT2D eigenvalue weighted by Crippen LogP contribution is -2.63. The molecule has 1 saturated carbocycles. The summed E-state index contributed by atoms with van der Waals surface area (Å²) in [6, 6.07) is 20.2. The van der Waals surface area contributed by atoms with Crippen molar-refractivity contribution in [2.45, 2.75) is 74.3 Å². The lowest BCUT2D eigenvalue weighted by Gasteiger charge is -2.49. The van der Waals surface area contributed by atoms with Crippen molar-refractivity contribution >= 4 is 17.5 Å². The van der Waals surface area contributed by atoms with Crippen molar-refractivity contribution in [3.8, 4) is 0 Å². The molecule has 2 atom stereocenters. The number of nitrogens with zero attached hydrogens (tertiary/aromatic N) is 1. The zero-order valence-electron chi connectivity index (χ0n) is 19.7. The Hall–Kier alpha value is -1.88. The molecule has 0 spiro atoms. The highest BCUT2D eigenvalue weighted by Gasteiger charge is 2.54. The van der Waals surface area contributed by atoms with Crippen molar-refractivity contribution in [3.63, 3.8) is 0 Å². The smallest absolute Gasteiger partial charge is 0.233 e. The zero-order valence-corrected chi connectivity index (χ0v) is 20.4. The van der Waals surface area contributed by atoms with Gasteiger partial charge in [-0.2, -0.15) is 0 Å². The van der Waals surface area contributed by atoms with Crippen molar-refractivity contribution in [2.24, 2.45) is 0 Å². The number of aliphatic hydroxyl groups is 1. The molecule has 4 nitrogen and oxygen atoms in total. The number of benzene rings is 2. The Kier molecular flexibility index (Phi) is 7.78. The van der Waals surface area contributed by atoms with Gasteiger partial charge in [-0.15, -0.1) is 11.6 Å². The highest BCUT2D eigenvalue weighted by atomic mass is 35.5. The van der Waals surface area contributed by atoms with E-state index in [4.69, 9.17) is 11.6 Å². The highest BCUT2D eigenvalue weighted by molar-refractivity contribution is 6.21. The van der Waals surface area contributed by atoms with Gasteiger partial charge >= 0.3 is 0 Å². The summed E-state index contributed by atoms with van der Waals surface area (Å²) >= 11 is 6.69. The molecule has 0 aromatic heterocycles. The molecule has 2 N–H and O–H groups in total. The average molecular weight is 469 g/mol. The van der Waals surface area contributed by atoms with Crippen LogP contribution >= 0.6 is 11.6 Å². The SMILES string of the molecule is CC(C(=O)NC1CCCCC1)(c1ccccc1)C1(O)CCN(CC(Cl)c2ccccc2)CC1. The molecule has 1 aliphatic heterocycles. The molecule has 1 saturated heterocycles. The zero-order chi connectivity index (χ0) is 23.3. The van der Waals surface area contributed by atoms with Crippen LogP contribution in [0.25, 0.3) is 0 Å². The fraction of sp³-hybridized carbons (Fsp3) is 0.536. The van der Waals surface area contributed by atoms with Gasteiger partial charge < -0.3 is 15.3 Å². The second-order valence-electron chi connectivity index (χ2n) is 10.0. The maximum absolute atomic E-state index is 13.8. The molecule has 5 heteroatoms. The minimum Gasteiger partial charge on any atom is -0.388 e. The third kappa shape index (κ3) is 5.29. The predicted molar refractivity (Wildman–Crippen MR) is 134 cm³/mol. The standard InChI is InChI=1S/C28H37ClN2O2/c1-27(23-13-7-3-8-14-23,26(32)30-24-15-9-4-10-16-24)28(33)17-19-31(20-18-28)21-25(29)22-11-5-2-6-12-22/h2-3,5-8,11-14,24-25,33H,4,9-10,15-21H2,1H3,(H,30,32). The number of piperidine rings is 1. The molecule has 2 fully saturated rings. The largest absolute Gasteiger partial charge is 0.388 e. The van der Waals surface area contributed by atoms with Crippen LogP contribution in [0.5, 0.6) is 0 Å². The van der Waals surface area contributed by atoms with E-state index in [-0.39, 0.29) is 17.3 Å². The fourth-order valence-corrected chi connectivity index (χ4v) is 5.90. The van der Waals surface area contributed by atoms with Gasteiger partial charge in [0.25, 0.3) is 0 Å². The van der Waals surface area contributed by atoms with Crippen molar-refractivity contribution in [1.82, 2.24) is 10.2 Å². The number of halogens is 1. The van der Waals surface area contributed by atoms with Crippen molar-refractivity contribution < 1.29 is 9.90 Å². The van der Waals surface area contributed by atoms with Crippen LogP contribution in [-0.2, 0) is 10.2 Å². The van der Waals surface area contributed by atoms with Gasteiger partial charge in [0.15, 0.2) is 0 Å². The Balaban J connectivity index is 1.49. The first-order valence-corrected chi connectivity index (χ1v) is 12.9. The summed E-state index contributed by atoms with van der Waals surface area (Å²) in [5, 5.41) is 15.2. The molecule has 178 valence electrons. The molecule has 2 aromatic rings. The van der Waals surface area contributed by atoms with E-state index < -0.39 is 11.0 Å². The van der Waals surface area contributed by atoms with Crippen LogP contribution in [0, 0.1) is 0 Å². The number of carbonyl (C=O) groups is 1. The van der Waals surface area contributed by atoms with Crippen LogP contribution in [-0.4, -0.2) is 47.2 Å². The summed E-state index contributed by atoms with van der Waals surface area (Å²) in [6.45, 7) is 4.10. The van der Waals surface area contributed by atoms with E-state index in [2.05, 4.69) is 22.3 Å². The predicted octanol–water partition coefficient (Wildman–Crippen LogP) is 5.20. The van der Waals surface area contributed by atoms with E-state index in [1.807, 2.05) is 55.5 Å².